The van der Waals surface area contributed by atoms with Crippen molar-refractivity contribution >= 4 is 33.4 Å². The van der Waals surface area contributed by atoms with Crippen molar-refractivity contribution < 1.29 is 4.39 Å². The van der Waals surface area contributed by atoms with Crippen LogP contribution in [0.2, 0.25) is 0 Å². The van der Waals surface area contributed by atoms with Gasteiger partial charge in [-0.15, -0.1) is 11.8 Å². The second-order valence-electron chi connectivity index (χ2n) is 3.45. The number of nitrogen functional groups attached to an aromatic ring is 1. The van der Waals surface area contributed by atoms with Crippen molar-refractivity contribution in [1.29, 1.82) is 0 Å². The lowest BCUT2D eigenvalue weighted by Gasteiger charge is -2.04. The molecule has 2 N–H and O–H groups in total. The number of rotatable bonds is 3. The molecule has 0 radical (unpaired) electrons. The van der Waals surface area contributed by atoms with Crippen molar-refractivity contribution in [2.45, 2.75) is 10.8 Å². The van der Waals surface area contributed by atoms with E-state index < -0.39 is 0 Å². The molecule has 0 aliphatic carbocycles. The molecule has 88 valence electrons. The summed E-state index contributed by atoms with van der Waals surface area (Å²) in [6.07, 6.45) is 1.63. The lowest BCUT2D eigenvalue weighted by molar-refractivity contribution is 0.626. The van der Waals surface area contributed by atoms with Gasteiger partial charge in [0.05, 0.1) is 16.9 Å². The molecule has 5 heteroatoms. The van der Waals surface area contributed by atoms with E-state index in [1.54, 1.807) is 24.0 Å². The first-order valence-electron chi connectivity index (χ1n) is 4.93. The summed E-state index contributed by atoms with van der Waals surface area (Å²) in [5.74, 6) is 0.494. The Bertz CT molecular complexity index is 516. The molecule has 1 heterocycles. The number of hydrogen-bond acceptors (Lipinski definition) is 3. The standard InChI is InChI=1S/C12H10BrFN2S/c13-11-5-9(14)2-1-8(11)7-17-12-4-3-10(15)6-16-12/h1-6H,7,15H2. The highest BCUT2D eigenvalue weighted by molar-refractivity contribution is 9.10. The van der Waals surface area contributed by atoms with Crippen molar-refractivity contribution in [3.05, 3.63) is 52.4 Å². The molecule has 2 rings (SSSR count). The van der Waals surface area contributed by atoms with Gasteiger partial charge in [-0.2, -0.15) is 0 Å². The minimum absolute atomic E-state index is 0.240. The van der Waals surface area contributed by atoms with Gasteiger partial charge in [-0.05, 0) is 29.8 Å². The summed E-state index contributed by atoms with van der Waals surface area (Å²) in [7, 11) is 0. The predicted molar refractivity (Wildman–Crippen MR) is 72.3 cm³/mol. The number of hydrogen-bond donors (Lipinski definition) is 1. The summed E-state index contributed by atoms with van der Waals surface area (Å²) in [4.78, 5) is 4.19. The minimum atomic E-state index is -0.240. The van der Waals surface area contributed by atoms with Crippen LogP contribution in [0.5, 0.6) is 0 Å². The van der Waals surface area contributed by atoms with Crippen molar-refractivity contribution in [3.63, 3.8) is 0 Å². The zero-order chi connectivity index (χ0) is 12.3. The third kappa shape index (κ3) is 3.44. The number of nitrogens with zero attached hydrogens (tertiary/aromatic N) is 1. The summed E-state index contributed by atoms with van der Waals surface area (Å²) in [6.45, 7) is 0. The van der Waals surface area contributed by atoms with Gasteiger partial charge in [0.15, 0.2) is 0 Å². The Morgan fingerprint density at radius 1 is 1.29 bits per heavy atom. The molecular weight excluding hydrogens is 303 g/mol. The molecule has 2 aromatic rings. The Kier molecular flexibility index (Phi) is 4.02. The Hall–Kier alpha value is -1.07. The fourth-order valence-electron chi connectivity index (χ4n) is 1.27. The van der Waals surface area contributed by atoms with Crippen LogP contribution >= 0.6 is 27.7 Å². The third-order valence-corrected chi connectivity index (χ3v) is 3.88. The normalized spacial score (nSPS) is 10.5. The zero-order valence-electron chi connectivity index (χ0n) is 8.86. The van der Waals surface area contributed by atoms with E-state index in [0.29, 0.717) is 5.69 Å². The molecule has 0 spiro atoms. The Balaban J connectivity index is 2.04. The second kappa shape index (κ2) is 5.51. The zero-order valence-corrected chi connectivity index (χ0v) is 11.3. The van der Waals surface area contributed by atoms with Crippen LogP contribution in [0, 0.1) is 5.82 Å². The second-order valence-corrected chi connectivity index (χ2v) is 5.30. The first-order valence-corrected chi connectivity index (χ1v) is 6.71. The highest BCUT2D eigenvalue weighted by Gasteiger charge is 2.03. The van der Waals surface area contributed by atoms with Gasteiger partial charge in [-0.1, -0.05) is 22.0 Å². The molecule has 0 bridgehead atoms. The smallest absolute Gasteiger partial charge is 0.124 e. The van der Waals surface area contributed by atoms with E-state index in [1.807, 2.05) is 12.1 Å². The summed E-state index contributed by atoms with van der Waals surface area (Å²) in [6, 6.07) is 8.37. The number of benzene rings is 1. The van der Waals surface area contributed by atoms with E-state index in [0.717, 1.165) is 20.8 Å². The maximum atomic E-state index is 12.9. The van der Waals surface area contributed by atoms with Crippen LogP contribution in [0.25, 0.3) is 0 Å². The minimum Gasteiger partial charge on any atom is -0.397 e. The number of pyridine rings is 1. The highest BCUT2D eigenvalue weighted by Crippen LogP contribution is 2.26. The van der Waals surface area contributed by atoms with Crippen LogP contribution in [-0.4, -0.2) is 4.98 Å². The van der Waals surface area contributed by atoms with Gasteiger partial charge in [-0.25, -0.2) is 9.37 Å². The van der Waals surface area contributed by atoms with Crippen molar-refractivity contribution in [2.75, 3.05) is 5.73 Å². The Morgan fingerprint density at radius 3 is 2.76 bits per heavy atom. The average Bonchev–Trinajstić information content (AvgIpc) is 2.30. The SMILES string of the molecule is Nc1ccc(SCc2ccc(F)cc2Br)nc1. The van der Waals surface area contributed by atoms with Gasteiger partial charge in [0.25, 0.3) is 0 Å². The van der Waals surface area contributed by atoms with E-state index in [1.165, 1.54) is 12.1 Å². The number of nitrogens with two attached hydrogens (primary N) is 1. The van der Waals surface area contributed by atoms with Crippen molar-refractivity contribution in [3.8, 4) is 0 Å². The molecule has 0 saturated carbocycles. The summed E-state index contributed by atoms with van der Waals surface area (Å²) < 4.78 is 13.7. The van der Waals surface area contributed by atoms with Crippen LogP contribution in [0.15, 0.2) is 46.0 Å². The molecule has 0 atom stereocenters. The predicted octanol–water partition coefficient (Wildman–Crippen LogP) is 3.86. The fourth-order valence-corrected chi connectivity index (χ4v) is 2.79. The van der Waals surface area contributed by atoms with E-state index >= 15 is 0 Å². The van der Waals surface area contributed by atoms with Gasteiger partial charge in [0.2, 0.25) is 0 Å². The topological polar surface area (TPSA) is 38.9 Å². The molecular formula is C12H10BrFN2S. The lowest BCUT2D eigenvalue weighted by atomic mass is 10.2. The van der Waals surface area contributed by atoms with E-state index in [-0.39, 0.29) is 5.82 Å². The molecule has 0 amide bonds. The molecule has 1 aromatic heterocycles. The number of halogens is 2. The molecule has 1 aromatic carbocycles. The summed E-state index contributed by atoms with van der Waals surface area (Å²) in [5, 5.41) is 0.899. The first kappa shape index (κ1) is 12.4. The highest BCUT2D eigenvalue weighted by atomic mass is 79.9. The van der Waals surface area contributed by atoms with Gasteiger partial charge in [0.1, 0.15) is 5.82 Å². The lowest BCUT2D eigenvalue weighted by Crippen LogP contribution is -1.88. The first-order chi connectivity index (χ1) is 8.15. The average molecular weight is 313 g/mol. The molecule has 17 heavy (non-hydrogen) atoms. The van der Waals surface area contributed by atoms with Crippen LogP contribution in [0.4, 0.5) is 10.1 Å². The Labute approximate surface area is 112 Å². The largest absolute Gasteiger partial charge is 0.397 e. The van der Waals surface area contributed by atoms with Crippen molar-refractivity contribution in [1.82, 2.24) is 4.98 Å². The molecule has 0 unspecified atom stereocenters. The maximum Gasteiger partial charge on any atom is 0.124 e. The van der Waals surface area contributed by atoms with Gasteiger partial charge < -0.3 is 5.73 Å². The van der Waals surface area contributed by atoms with Crippen molar-refractivity contribution in [2.24, 2.45) is 0 Å². The van der Waals surface area contributed by atoms with Crippen LogP contribution in [0.1, 0.15) is 5.56 Å². The van der Waals surface area contributed by atoms with Crippen LogP contribution in [-0.2, 0) is 5.75 Å². The maximum absolute atomic E-state index is 12.9. The van der Waals surface area contributed by atoms with Crippen LogP contribution in [0.3, 0.4) is 0 Å². The molecule has 2 nitrogen and oxygen atoms in total. The summed E-state index contributed by atoms with van der Waals surface area (Å²) in [5.41, 5.74) is 7.24. The summed E-state index contributed by atoms with van der Waals surface area (Å²) >= 11 is 4.92. The fraction of sp³-hybridized carbons (Fsp3) is 0.0833. The number of anilines is 1. The number of aromatic nitrogens is 1. The van der Waals surface area contributed by atoms with Gasteiger partial charge >= 0.3 is 0 Å². The molecule has 0 saturated heterocycles. The number of thioether (sulfide) groups is 1. The Morgan fingerprint density at radius 2 is 2.12 bits per heavy atom. The molecule has 0 aliphatic heterocycles. The van der Waals surface area contributed by atoms with E-state index in [4.69, 9.17) is 5.73 Å². The monoisotopic (exact) mass is 312 g/mol. The van der Waals surface area contributed by atoms with Crippen LogP contribution < -0.4 is 5.73 Å². The molecule has 0 fully saturated rings. The third-order valence-electron chi connectivity index (χ3n) is 2.15. The van der Waals surface area contributed by atoms with Gasteiger partial charge in [0, 0.05) is 10.2 Å². The van der Waals surface area contributed by atoms with Gasteiger partial charge in [-0.3, -0.25) is 0 Å². The van der Waals surface area contributed by atoms with E-state index in [9.17, 15) is 4.39 Å². The van der Waals surface area contributed by atoms with E-state index in [2.05, 4.69) is 20.9 Å². The quantitative estimate of drug-likeness (QED) is 0.875. The molecule has 0 aliphatic rings.